The Morgan fingerprint density at radius 1 is 1.10 bits per heavy atom. The minimum absolute atomic E-state index is 0.243. The Morgan fingerprint density at radius 3 is 2.48 bits per heavy atom. The van der Waals surface area contributed by atoms with E-state index in [1.165, 1.54) is 0 Å². The number of carbonyl (C=O) groups is 1. The molecule has 0 fully saturated rings. The van der Waals surface area contributed by atoms with E-state index >= 15 is 0 Å². The molecule has 0 saturated carbocycles. The Bertz CT molecular complexity index is 1120. The maximum atomic E-state index is 10.9. The number of benzene rings is 3. The standard InChI is InChI=1S/C23H15ClINO3/c24-20-3-1-2-18(12-20)19(13-26)10-16-6-9-22(21(25)11-16)29-14-15-4-7-17(8-5-15)23(27)28/h1-12H,14H2,(H,27,28)/b19-10-. The van der Waals surface area contributed by atoms with E-state index in [-0.39, 0.29) is 5.56 Å². The largest absolute Gasteiger partial charge is 0.488 e. The van der Waals surface area contributed by atoms with Gasteiger partial charge in [0.05, 0.1) is 20.8 Å². The fourth-order valence-electron chi connectivity index (χ4n) is 2.63. The lowest BCUT2D eigenvalue weighted by molar-refractivity contribution is 0.0697. The Morgan fingerprint density at radius 2 is 1.86 bits per heavy atom. The van der Waals surface area contributed by atoms with Gasteiger partial charge in [0.2, 0.25) is 0 Å². The Labute approximate surface area is 187 Å². The smallest absolute Gasteiger partial charge is 0.335 e. The van der Waals surface area contributed by atoms with Crippen molar-refractivity contribution in [1.29, 1.82) is 5.26 Å². The number of carboxylic acid groups (broad SMARTS) is 1. The van der Waals surface area contributed by atoms with Crippen LogP contribution in [0.3, 0.4) is 0 Å². The summed E-state index contributed by atoms with van der Waals surface area (Å²) in [7, 11) is 0. The summed E-state index contributed by atoms with van der Waals surface area (Å²) in [4.78, 5) is 10.9. The monoisotopic (exact) mass is 515 g/mol. The van der Waals surface area contributed by atoms with Crippen LogP contribution in [0, 0.1) is 14.9 Å². The third kappa shape index (κ3) is 5.59. The van der Waals surface area contributed by atoms with Crippen LogP contribution >= 0.6 is 34.2 Å². The first-order valence-electron chi connectivity index (χ1n) is 8.58. The van der Waals surface area contributed by atoms with Crippen LogP contribution in [0.2, 0.25) is 5.02 Å². The van der Waals surface area contributed by atoms with Crippen LogP contribution in [0.25, 0.3) is 11.6 Å². The lowest BCUT2D eigenvalue weighted by Crippen LogP contribution is -1.99. The van der Waals surface area contributed by atoms with Crippen LogP contribution in [0.4, 0.5) is 0 Å². The highest BCUT2D eigenvalue weighted by atomic mass is 127. The first-order chi connectivity index (χ1) is 14.0. The van der Waals surface area contributed by atoms with Gasteiger partial charge in [0.25, 0.3) is 0 Å². The molecule has 0 radical (unpaired) electrons. The Kier molecular flexibility index (Phi) is 6.91. The molecule has 0 aromatic heterocycles. The fraction of sp³-hybridized carbons (Fsp3) is 0.0435. The molecule has 0 unspecified atom stereocenters. The molecule has 3 aromatic rings. The summed E-state index contributed by atoms with van der Waals surface area (Å²) in [6.45, 7) is 0.330. The van der Waals surface area contributed by atoms with Gasteiger partial charge in [0.15, 0.2) is 0 Å². The van der Waals surface area contributed by atoms with Crippen molar-refractivity contribution < 1.29 is 14.6 Å². The summed E-state index contributed by atoms with van der Waals surface area (Å²) in [6, 6.07) is 21.6. The first-order valence-corrected chi connectivity index (χ1v) is 10.0. The summed E-state index contributed by atoms with van der Waals surface area (Å²) in [5, 5.41) is 19.0. The van der Waals surface area contributed by atoms with Crippen molar-refractivity contribution in [1.82, 2.24) is 0 Å². The normalized spacial score (nSPS) is 11.0. The van der Waals surface area contributed by atoms with Crippen LogP contribution in [0.15, 0.2) is 66.7 Å². The zero-order valence-electron chi connectivity index (χ0n) is 15.1. The van der Waals surface area contributed by atoms with Gasteiger partial charge in [-0.3, -0.25) is 0 Å². The molecule has 0 atom stereocenters. The van der Waals surface area contributed by atoms with Gasteiger partial charge in [-0.05, 0) is 81.8 Å². The number of hydrogen-bond donors (Lipinski definition) is 1. The van der Waals surface area contributed by atoms with Crippen molar-refractivity contribution in [2.45, 2.75) is 6.61 Å². The summed E-state index contributed by atoms with van der Waals surface area (Å²) in [5.41, 5.74) is 3.29. The van der Waals surface area contributed by atoms with Gasteiger partial charge in [-0.15, -0.1) is 0 Å². The van der Waals surface area contributed by atoms with Crippen molar-refractivity contribution in [2.75, 3.05) is 0 Å². The average Bonchev–Trinajstić information content (AvgIpc) is 2.71. The lowest BCUT2D eigenvalue weighted by atomic mass is 10.0. The van der Waals surface area contributed by atoms with E-state index in [0.717, 1.165) is 20.3 Å². The van der Waals surface area contributed by atoms with Crippen LogP contribution in [-0.4, -0.2) is 11.1 Å². The van der Waals surface area contributed by atoms with Crippen LogP contribution < -0.4 is 4.74 Å². The number of nitriles is 1. The molecule has 0 spiro atoms. The minimum Gasteiger partial charge on any atom is -0.488 e. The van der Waals surface area contributed by atoms with E-state index in [1.54, 1.807) is 36.4 Å². The molecule has 1 N–H and O–H groups in total. The van der Waals surface area contributed by atoms with E-state index in [2.05, 4.69) is 28.7 Å². The average molecular weight is 516 g/mol. The summed E-state index contributed by atoms with van der Waals surface area (Å²) in [6.07, 6.45) is 1.81. The van der Waals surface area contributed by atoms with Gasteiger partial charge < -0.3 is 9.84 Å². The summed E-state index contributed by atoms with van der Waals surface area (Å²) < 4.78 is 6.76. The van der Waals surface area contributed by atoms with E-state index in [9.17, 15) is 10.1 Å². The second-order valence-electron chi connectivity index (χ2n) is 6.16. The van der Waals surface area contributed by atoms with E-state index in [1.807, 2.05) is 36.4 Å². The molecule has 3 rings (SSSR count). The maximum absolute atomic E-state index is 10.9. The molecule has 0 aliphatic carbocycles. The van der Waals surface area contributed by atoms with Gasteiger partial charge in [-0.1, -0.05) is 41.9 Å². The molecule has 6 heteroatoms. The predicted octanol–water partition coefficient (Wildman–Crippen LogP) is 6.29. The van der Waals surface area contributed by atoms with Gasteiger partial charge in [0.1, 0.15) is 12.4 Å². The maximum Gasteiger partial charge on any atom is 0.335 e. The number of halogens is 2. The third-order valence-corrected chi connectivity index (χ3v) is 5.20. The zero-order chi connectivity index (χ0) is 20.8. The molecule has 0 saturated heterocycles. The number of ether oxygens (including phenoxy) is 1. The lowest BCUT2D eigenvalue weighted by Gasteiger charge is -2.09. The number of carboxylic acids is 1. The molecule has 4 nitrogen and oxygen atoms in total. The molecule has 0 heterocycles. The molecule has 0 amide bonds. The second kappa shape index (κ2) is 9.59. The van der Waals surface area contributed by atoms with Crippen molar-refractivity contribution in [3.63, 3.8) is 0 Å². The van der Waals surface area contributed by atoms with Crippen molar-refractivity contribution in [2.24, 2.45) is 0 Å². The summed E-state index contributed by atoms with van der Waals surface area (Å²) >= 11 is 8.21. The Hall–Kier alpha value is -2.82. The molecule has 144 valence electrons. The van der Waals surface area contributed by atoms with Crippen molar-refractivity contribution in [3.05, 3.63) is 97.6 Å². The van der Waals surface area contributed by atoms with Gasteiger partial charge in [0, 0.05) is 5.02 Å². The summed E-state index contributed by atoms with van der Waals surface area (Å²) in [5.74, 6) is -0.239. The molecular formula is C23H15ClINO3. The zero-order valence-corrected chi connectivity index (χ0v) is 18.0. The van der Waals surface area contributed by atoms with Crippen LogP contribution in [0.5, 0.6) is 5.75 Å². The van der Waals surface area contributed by atoms with Crippen LogP contribution in [0.1, 0.15) is 27.0 Å². The predicted molar refractivity (Wildman–Crippen MR) is 122 cm³/mol. The van der Waals surface area contributed by atoms with E-state index in [0.29, 0.717) is 23.0 Å². The van der Waals surface area contributed by atoms with Gasteiger partial charge >= 0.3 is 5.97 Å². The van der Waals surface area contributed by atoms with Crippen LogP contribution in [-0.2, 0) is 6.61 Å². The number of aromatic carboxylic acids is 1. The molecule has 29 heavy (non-hydrogen) atoms. The molecule has 0 aliphatic heterocycles. The molecule has 0 aliphatic rings. The van der Waals surface area contributed by atoms with E-state index < -0.39 is 5.97 Å². The topological polar surface area (TPSA) is 70.3 Å². The highest BCUT2D eigenvalue weighted by molar-refractivity contribution is 14.1. The Balaban J connectivity index is 1.74. The molecule has 0 bridgehead atoms. The van der Waals surface area contributed by atoms with Gasteiger partial charge in [-0.2, -0.15) is 5.26 Å². The van der Waals surface area contributed by atoms with Crippen molar-refractivity contribution >= 4 is 51.8 Å². The highest BCUT2D eigenvalue weighted by Crippen LogP contribution is 2.26. The second-order valence-corrected chi connectivity index (χ2v) is 7.76. The van der Waals surface area contributed by atoms with Crippen molar-refractivity contribution in [3.8, 4) is 11.8 Å². The quantitative estimate of drug-likeness (QED) is 0.238. The van der Waals surface area contributed by atoms with Gasteiger partial charge in [-0.25, -0.2) is 4.79 Å². The fourth-order valence-corrected chi connectivity index (χ4v) is 3.52. The number of hydrogen-bond acceptors (Lipinski definition) is 3. The third-order valence-electron chi connectivity index (χ3n) is 4.12. The van der Waals surface area contributed by atoms with E-state index in [4.69, 9.17) is 21.4 Å². The number of nitrogens with zero attached hydrogens (tertiary/aromatic N) is 1. The molecule has 3 aromatic carbocycles. The first kappa shape index (κ1) is 20.9. The molecular weight excluding hydrogens is 501 g/mol. The number of rotatable bonds is 6. The highest BCUT2D eigenvalue weighted by Gasteiger charge is 2.07. The number of allylic oxidation sites excluding steroid dienone is 1. The minimum atomic E-state index is -0.954. The SMILES string of the molecule is N#C/C(=C/c1ccc(OCc2ccc(C(=O)O)cc2)c(I)c1)c1cccc(Cl)c1.